The smallest absolute Gasteiger partial charge is 0.0165 e. The van der Waals surface area contributed by atoms with Crippen LogP contribution >= 0.6 is 0 Å². The third-order valence-electron chi connectivity index (χ3n) is 5.79. The third-order valence-corrected chi connectivity index (χ3v) is 5.79. The average molecular weight is 345 g/mol. The summed E-state index contributed by atoms with van der Waals surface area (Å²) >= 11 is 0. The van der Waals surface area contributed by atoms with E-state index >= 15 is 0 Å². The molecule has 0 bridgehead atoms. The topological polar surface area (TPSA) is 0 Å². The molecule has 1 aliphatic rings. The molecule has 1 aliphatic carbocycles. The Kier molecular flexibility index (Phi) is 3.55. The lowest BCUT2D eigenvalue weighted by Gasteiger charge is -2.24. The maximum atomic E-state index is 3.53. The van der Waals surface area contributed by atoms with Crippen LogP contribution in [0.5, 0.6) is 0 Å². The van der Waals surface area contributed by atoms with Crippen molar-refractivity contribution in [2.45, 2.75) is 19.3 Å². The summed E-state index contributed by atoms with van der Waals surface area (Å²) < 4.78 is 0. The predicted molar refractivity (Wildman–Crippen MR) is 114 cm³/mol. The lowest BCUT2D eigenvalue weighted by Crippen LogP contribution is -2.16. The highest BCUT2D eigenvalue weighted by molar-refractivity contribution is 5.88. The van der Waals surface area contributed by atoms with Gasteiger partial charge >= 0.3 is 0 Å². The number of fused-ring (bicyclic) bond motifs is 3. The monoisotopic (exact) mass is 345 g/mol. The molecule has 4 aromatic carbocycles. The summed E-state index contributed by atoms with van der Waals surface area (Å²) in [6.45, 7) is 4.65. The van der Waals surface area contributed by atoms with Crippen molar-refractivity contribution < 1.29 is 0 Å². The summed E-state index contributed by atoms with van der Waals surface area (Å²) in [5.74, 6) is 0. The Morgan fingerprint density at radius 1 is 0.593 bits per heavy atom. The van der Waals surface area contributed by atoms with Crippen LogP contribution in [-0.2, 0) is 5.41 Å². The van der Waals surface area contributed by atoms with Crippen molar-refractivity contribution in [1.82, 2.24) is 0 Å². The van der Waals surface area contributed by atoms with Crippen LogP contribution in [-0.4, -0.2) is 0 Å². The van der Waals surface area contributed by atoms with Gasteiger partial charge in [-0.2, -0.15) is 0 Å². The Balaban J connectivity index is 1.65. The minimum absolute atomic E-state index is 0.0167. The summed E-state index contributed by atoms with van der Waals surface area (Å²) in [6, 6.07) is 36.0. The molecule has 0 fully saturated rings. The van der Waals surface area contributed by atoms with E-state index in [9.17, 15) is 0 Å². The lowest BCUT2D eigenvalue weighted by molar-refractivity contribution is 0.662. The molecular formula is C27H21. The van der Waals surface area contributed by atoms with Gasteiger partial charge in [0.2, 0.25) is 0 Å². The Morgan fingerprint density at radius 2 is 1.22 bits per heavy atom. The fraction of sp³-hybridized carbons (Fsp3) is 0.111. The zero-order chi connectivity index (χ0) is 18.4. The SMILES string of the molecule is CC1(C)c2ccccc2-c2cc[c]c(-c3ccc(-c4ccccc4)cc3)c21. The zero-order valence-electron chi connectivity index (χ0n) is 15.7. The second-order valence-electron chi connectivity index (χ2n) is 7.76. The minimum atomic E-state index is -0.0167. The first-order valence-corrected chi connectivity index (χ1v) is 9.47. The average Bonchev–Trinajstić information content (AvgIpc) is 2.97. The van der Waals surface area contributed by atoms with Crippen molar-refractivity contribution in [3.8, 4) is 33.4 Å². The molecule has 27 heavy (non-hydrogen) atoms. The molecule has 5 rings (SSSR count). The van der Waals surface area contributed by atoms with Gasteiger partial charge in [0.15, 0.2) is 0 Å². The second-order valence-corrected chi connectivity index (χ2v) is 7.76. The van der Waals surface area contributed by atoms with Crippen molar-refractivity contribution in [2.75, 3.05) is 0 Å². The quantitative estimate of drug-likeness (QED) is 0.362. The van der Waals surface area contributed by atoms with Crippen molar-refractivity contribution >= 4 is 0 Å². The van der Waals surface area contributed by atoms with Gasteiger partial charge in [-0.25, -0.2) is 0 Å². The number of benzene rings is 4. The molecule has 0 aliphatic heterocycles. The van der Waals surface area contributed by atoms with Gasteiger partial charge in [0.25, 0.3) is 0 Å². The van der Waals surface area contributed by atoms with Crippen LogP contribution in [0.15, 0.2) is 91.0 Å². The number of hydrogen-bond donors (Lipinski definition) is 0. The van der Waals surface area contributed by atoms with E-state index in [2.05, 4.69) is 111 Å². The molecule has 1 radical (unpaired) electrons. The summed E-state index contributed by atoms with van der Waals surface area (Å²) in [7, 11) is 0. The zero-order valence-corrected chi connectivity index (χ0v) is 15.7. The molecule has 0 amide bonds. The van der Waals surface area contributed by atoms with Crippen molar-refractivity contribution in [3.63, 3.8) is 0 Å². The Labute approximate surface area is 161 Å². The summed E-state index contributed by atoms with van der Waals surface area (Å²) in [4.78, 5) is 0. The van der Waals surface area contributed by atoms with Gasteiger partial charge in [0, 0.05) is 5.41 Å². The predicted octanol–water partition coefficient (Wildman–Crippen LogP) is 7.13. The molecule has 4 aromatic rings. The largest absolute Gasteiger partial charge is 0.0622 e. The van der Waals surface area contributed by atoms with Gasteiger partial charge in [0.1, 0.15) is 0 Å². The van der Waals surface area contributed by atoms with Crippen LogP contribution in [0.2, 0.25) is 0 Å². The van der Waals surface area contributed by atoms with Gasteiger partial charge in [-0.05, 0) is 50.6 Å². The van der Waals surface area contributed by atoms with E-state index in [0.29, 0.717) is 0 Å². The normalized spacial score (nSPS) is 13.9. The fourth-order valence-electron chi connectivity index (χ4n) is 4.46. The van der Waals surface area contributed by atoms with E-state index in [1.54, 1.807) is 0 Å². The van der Waals surface area contributed by atoms with Crippen molar-refractivity contribution in [3.05, 3.63) is 108 Å². The standard InChI is InChI=1S/C27H21/c1-27(2)25-14-7-6-11-23(25)24-13-8-12-22(26(24)27)21-17-15-20(16-18-21)19-9-4-3-5-10-19/h3-11,13-18H,1-2H3. The number of rotatable bonds is 2. The highest BCUT2D eigenvalue weighted by Crippen LogP contribution is 2.51. The van der Waals surface area contributed by atoms with Crippen LogP contribution in [0, 0.1) is 6.07 Å². The molecule has 0 N–H and O–H groups in total. The molecule has 0 nitrogen and oxygen atoms in total. The third kappa shape index (κ3) is 2.44. The first kappa shape index (κ1) is 16.1. The minimum Gasteiger partial charge on any atom is -0.0622 e. The first-order valence-electron chi connectivity index (χ1n) is 9.47. The van der Waals surface area contributed by atoms with Crippen LogP contribution < -0.4 is 0 Å². The van der Waals surface area contributed by atoms with Gasteiger partial charge in [-0.15, -0.1) is 0 Å². The van der Waals surface area contributed by atoms with E-state index in [-0.39, 0.29) is 5.41 Å². The Hall–Kier alpha value is -3.12. The van der Waals surface area contributed by atoms with E-state index in [4.69, 9.17) is 0 Å². The van der Waals surface area contributed by atoms with Crippen LogP contribution in [0.3, 0.4) is 0 Å². The molecule has 0 saturated carbocycles. The molecule has 129 valence electrons. The molecule has 0 heterocycles. The van der Waals surface area contributed by atoms with Crippen LogP contribution in [0.25, 0.3) is 33.4 Å². The molecule has 0 atom stereocenters. The first-order chi connectivity index (χ1) is 13.2. The summed E-state index contributed by atoms with van der Waals surface area (Å²) in [5.41, 5.74) is 10.4. The maximum Gasteiger partial charge on any atom is 0.0165 e. The summed E-state index contributed by atoms with van der Waals surface area (Å²) in [6.07, 6.45) is 0. The second kappa shape index (κ2) is 5.96. The molecule has 0 saturated heterocycles. The van der Waals surface area contributed by atoms with Gasteiger partial charge in [-0.1, -0.05) is 105 Å². The van der Waals surface area contributed by atoms with Crippen LogP contribution in [0.4, 0.5) is 0 Å². The van der Waals surface area contributed by atoms with E-state index in [1.165, 1.54) is 44.5 Å². The summed E-state index contributed by atoms with van der Waals surface area (Å²) in [5, 5.41) is 0. The highest BCUT2D eigenvalue weighted by atomic mass is 14.4. The van der Waals surface area contributed by atoms with Gasteiger partial charge in [-0.3, -0.25) is 0 Å². The molecule has 0 spiro atoms. The Morgan fingerprint density at radius 3 is 2.00 bits per heavy atom. The molecular weight excluding hydrogens is 324 g/mol. The molecule has 0 unspecified atom stereocenters. The molecule has 0 heteroatoms. The van der Waals surface area contributed by atoms with Gasteiger partial charge < -0.3 is 0 Å². The Bertz CT molecular complexity index is 1120. The van der Waals surface area contributed by atoms with Crippen molar-refractivity contribution in [2.24, 2.45) is 0 Å². The van der Waals surface area contributed by atoms with Crippen LogP contribution in [0.1, 0.15) is 25.0 Å². The molecule has 0 aromatic heterocycles. The number of hydrogen-bond acceptors (Lipinski definition) is 0. The lowest BCUT2D eigenvalue weighted by atomic mass is 9.79. The van der Waals surface area contributed by atoms with E-state index in [1.807, 2.05) is 0 Å². The van der Waals surface area contributed by atoms with Crippen molar-refractivity contribution in [1.29, 1.82) is 0 Å². The maximum absolute atomic E-state index is 3.53. The van der Waals surface area contributed by atoms with E-state index in [0.717, 1.165) is 0 Å². The van der Waals surface area contributed by atoms with E-state index < -0.39 is 0 Å². The highest BCUT2D eigenvalue weighted by Gasteiger charge is 2.37. The van der Waals surface area contributed by atoms with Gasteiger partial charge in [0.05, 0.1) is 0 Å². The fourth-order valence-corrected chi connectivity index (χ4v) is 4.46.